The third kappa shape index (κ3) is 6.54. The molecular weight excluding hydrogens is 446 g/mol. The zero-order valence-electron chi connectivity index (χ0n) is 19.5. The van der Waals surface area contributed by atoms with Crippen LogP contribution in [0.2, 0.25) is 0 Å². The first-order valence-corrected chi connectivity index (χ1v) is 11.2. The van der Waals surface area contributed by atoms with Crippen LogP contribution in [0.1, 0.15) is 37.9 Å². The average Bonchev–Trinajstić information content (AvgIpc) is 3.24. The number of aliphatic hydroxyl groups is 1. The van der Waals surface area contributed by atoms with E-state index in [0.717, 1.165) is 35.9 Å². The molecule has 0 bridgehead atoms. The molecule has 3 rings (SSSR count). The predicted molar refractivity (Wildman–Crippen MR) is 123 cm³/mol. The number of benzene rings is 1. The summed E-state index contributed by atoms with van der Waals surface area (Å²) in [6.45, 7) is 4.65. The van der Waals surface area contributed by atoms with E-state index in [0.29, 0.717) is 30.9 Å². The normalized spacial score (nSPS) is 13.1. The number of aromatic nitrogens is 4. The standard InChI is InChI=1S/C23H33N5O4.ClH/c1-17(20(29)18-10-6-4-7-11-18)24-12-8-5-9-14-32-15-13-28-16-25-21-19(28)22(30)27(3)23(31)26(21)2;/h4,6-7,10-11,16-17,20,24,29H,5,8-9,12-15H2,1-3H3;1H. The fourth-order valence-corrected chi connectivity index (χ4v) is 3.82. The monoisotopic (exact) mass is 479 g/mol. The maximum Gasteiger partial charge on any atom is 0.332 e. The topological polar surface area (TPSA) is 108 Å². The molecule has 0 saturated heterocycles. The summed E-state index contributed by atoms with van der Waals surface area (Å²) < 4.78 is 9.94. The van der Waals surface area contributed by atoms with E-state index in [1.54, 1.807) is 17.9 Å². The Balaban J connectivity index is 0.00000385. The minimum absolute atomic E-state index is 0. The molecule has 0 saturated carbocycles. The van der Waals surface area contributed by atoms with Crippen LogP contribution in [0.5, 0.6) is 0 Å². The highest BCUT2D eigenvalue weighted by Crippen LogP contribution is 2.13. The lowest BCUT2D eigenvalue weighted by molar-refractivity contribution is -0.694. The van der Waals surface area contributed by atoms with Crippen LogP contribution in [-0.2, 0) is 25.4 Å². The molecule has 2 unspecified atom stereocenters. The number of aryl methyl sites for hydroxylation is 1. The summed E-state index contributed by atoms with van der Waals surface area (Å²) in [4.78, 5) is 28.6. The smallest absolute Gasteiger partial charge is 0.332 e. The molecule has 0 aliphatic heterocycles. The molecule has 0 spiro atoms. The molecule has 33 heavy (non-hydrogen) atoms. The molecule has 2 aromatic heterocycles. The Kier molecular flexibility index (Phi) is 10.3. The molecule has 9 nitrogen and oxygen atoms in total. The minimum Gasteiger partial charge on any atom is -1.00 e. The highest BCUT2D eigenvalue weighted by Gasteiger charge is 2.18. The van der Waals surface area contributed by atoms with Gasteiger partial charge in [-0.1, -0.05) is 30.3 Å². The van der Waals surface area contributed by atoms with E-state index in [9.17, 15) is 14.7 Å². The first kappa shape index (κ1) is 26.8. The lowest BCUT2D eigenvalue weighted by Crippen LogP contribution is -3.00. The summed E-state index contributed by atoms with van der Waals surface area (Å²) >= 11 is 0. The van der Waals surface area contributed by atoms with E-state index in [4.69, 9.17) is 4.74 Å². The molecule has 0 aliphatic rings. The average molecular weight is 480 g/mol. The second-order valence-electron chi connectivity index (χ2n) is 8.23. The number of imidazole rings is 1. The molecular formula is C23H34ClN5O4. The van der Waals surface area contributed by atoms with Gasteiger partial charge < -0.3 is 32.1 Å². The van der Waals surface area contributed by atoms with Crippen molar-refractivity contribution in [3.8, 4) is 0 Å². The van der Waals surface area contributed by atoms with Crippen molar-refractivity contribution >= 4 is 11.2 Å². The SMILES string of the molecule is CC([NH2+]CCCCCOCCn1cnc2c1c(=O)n(C)c(=O)n2C)C(O)c1ccccc1.[Cl-]. The highest BCUT2D eigenvalue weighted by molar-refractivity contribution is 5.69. The number of nitrogens with zero attached hydrogens (tertiary/aromatic N) is 4. The Hall–Kier alpha value is -2.46. The fraction of sp³-hybridized carbons (Fsp3) is 0.522. The number of quaternary nitrogens is 1. The number of unbranched alkanes of at least 4 members (excludes halogenated alkanes) is 2. The van der Waals surface area contributed by atoms with Gasteiger partial charge in [-0.25, -0.2) is 9.78 Å². The second kappa shape index (κ2) is 12.7. The van der Waals surface area contributed by atoms with Crippen LogP contribution in [0.4, 0.5) is 0 Å². The Bertz CT molecular complexity index is 1130. The summed E-state index contributed by atoms with van der Waals surface area (Å²) in [5, 5.41) is 12.6. The summed E-state index contributed by atoms with van der Waals surface area (Å²) in [6, 6.07) is 9.88. The Morgan fingerprint density at radius 3 is 2.52 bits per heavy atom. The molecule has 10 heteroatoms. The van der Waals surface area contributed by atoms with Crippen LogP contribution in [0.25, 0.3) is 11.2 Å². The van der Waals surface area contributed by atoms with Gasteiger partial charge in [0.15, 0.2) is 11.2 Å². The van der Waals surface area contributed by atoms with Crippen LogP contribution >= 0.6 is 0 Å². The maximum absolute atomic E-state index is 12.4. The van der Waals surface area contributed by atoms with Crippen molar-refractivity contribution in [2.75, 3.05) is 19.8 Å². The van der Waals surface area contributed by atoms with E-state index in [1.807, 2.05) is 37.3 Å². The Labute approximate surface area is 199 Å². The van der Waals surface area contributed by atoms with E-state index in [1.165, 1.54) is 11.6 Å². The number of hydrogen-bond acceptors (Lipinski definition) is 5. The number of rotatable bonds is 12. The number of nitrogens with two attached hydrogens (primary N) is 1. The van der Waals surface area contributed by atoms with Gasteiger partial charge in [-0.05, 0) is 31.7 Å². The molecule has 0 aliphatic carbocycles. The molecule has 3 aromatic rings. The summed E-state index contributed by atoms with van der Waals surface area (Å²) in [6.07, 6.45) is 4.20. The molecule has 2 heterocycles. The molecule has 3 N–H and O–H groups in total. The number of halogens is 1. The first-order valence-electron chi connectivity index (χ1n) is 11.2. The quantitative estimate of drug-likeness (QED) is 0.275. The Morgan fingerprint density at radius 2 is 1.79 bits per heavy atom. The molecule has 2 atom stereocenters. The van der Waals surface area contributed by atoms with E-state index in [-0.39, 0.29) is 29.7 Å². The lowest BCUT2D eigenvalue weighted by atomic mass is 10.0. The predicted octanol–water partition coefficient (Wildman–Crippen LogP) is -2.69. The summed E-state index contributed by atoms with van der Waals surface area (Å²) in [7, 11) is 3.08. The van der Waals surface area contributed by atoms with Gasteiger partial charge in [0.25, 0.3) is 5.56 Å². The van der Waals surface area contributed by atoms with Crippen molar-refractivity contribution in [1.82, 2.24) is 18.7 Å². The van der Waals surface area contributed by atoms with Crippen LogP contribution in [0.3, 0.4) is 0 Å². The van der Waals surface area contributed by atoms with Gasteiger partial charge in [-0.15, -0.1) is 0 Å². The molecule has 0 radical (unpaired) electrons. The maximum atomic E-state index is 12.4. The summed E-state index contributed by atoms with van der Waals surface area (Å²) in [5.41, 5.74) is 1.03. The fourth-order valence-electron chi connectivity index (χ4n) is 3.82. The van der Waals surface area contributed by atoms with Crippen LogP contribution in [0.15, 0.2) is 46.2 Å². The van der Waals surface area contributed by atoms with E-state index >= 15 is 0 Å². The van der Waals surface area contributed by atoms with E-state index < -0.39 is 6.10 Å². The molecule has 0 fully saturated rings. The van der Waals surface area contributed by atoms with Crippen molar-refractivity contribution in [2.24, 2.45) is 14.1 Å². The minimum atomic E-state index is -0.460. The van der Waals surface area contributed by atoms with Crippen molar-refractivity contribution in [2.45, 2.75) is 44.9 Å². The highest BCUT2D eigenvalue weighted by atomic mass is 35.5. The van der Waals surface area contributed by atoms with E-state index in [2.05, 4.69) is 10.3 Å². The van der Waals surface area contributed by atoms with Gasteiger partial charge in [0.2, 0.25) is 0 Å². The van der Waals surface area contributed by atoms with Gasteiger partial charge in [0.05, 0.1) is 19.5 Å². The van der Waals surface area contributed by atoms with Crippen molar-refractivity contribution in [1.29, 1.82) is 0 Å². The molecule has 1 aromatic carbocycles. The van der Waals surface area contributed by atoms with Crippen molar-refractivity contribution in [3.05, 3.63) is 63.1 Å². The third-order valence-electron chi connectivity index (χ3n) is 5.86. The van der Waals surface area contributed by atoms with Crippen LogP contribution < -0.4 is 29.0 Å². The van der Waals surface area contributed by atoms with Gasteiger partial charge in [0.1, 0.15) is 12.1 Å². The van der Waals surface area contributed by atoms with Gasteiger partial charge >= 0.3 is 5.69 Å². The molecule has 0 amide bonds. The number of ether oxygens (including phenoxy) is 1. The van der Waals surface area contributed by atoms with Gasteiger partial charge in [0, 0.05) is 27.2 Å². The van der Waals surface area contributed by atoms with Gasteiger partial charge in [-0.3, -0.25) is 13.9 Å². The first-order chi connectivity index (χ1) is 15.4. The summed E-state index contributed by atoms with van der Waals surface area (Å²) in [5.74, 6) is 0. The van der Waals surface area contributed by atoms with Gasteiger partial charge in [-0.2, -0.15) is 0 Å². The van der Waals surface area contributed by atoms with Crippen LogP contribution in [0, 0.1) is 0 Å². The Morgan fingerprint density at radius 1 is 1.06 bits per heavy atom. The van der Waals surface area contributed by atoms with Crippen molar-refractivity contribution in [3.63, 3.8) is 0 Å². The number of hydrogen-bond donors (Lipinski definition) is 2. The zero-order chi connectivity index (χ0) is 23.1. The zero-order valence-corrected chi connectivity index (χ0v) is 20.2. The number of aliphatic hydroxyl groups excluding tert-OH is 1. The second-order valence-corrected chi connectivity index (χ2v) is 8.23. The van der Waals surface area contributed by atoms with Crippen molar-refractivity contribution < 1.29 is 27.6 Å². The lowest BCUT2D eigenvalue weighted by Gasteiger charge is -2.17. The molecule has 182 valence electrons. The third-order valence-corrected chi connectivity index (χ3v) is 5.86. The number of fused-ring (bicyclic) bond motifs is 1. The van der Waals surface area contributed by atoms with Crippen LogP contribution in [-0.4, -0.2) is 49.6 Å². The largest absolute Gasteiger partial charge is 1.00 e.